The maximum atomic E-state index is 12.1. The zero-order valence-corrected chi connectivity index (χ0v) is 9.42. The monoisotopic (exact) mass is 213 g/mol. The fraction of sp³-hybridized carbons (Fsp3) is 0.357. The van der Waals surface area contributed by atoms with E-state index in [2.05, 4.69) is 30.1 Å². The maximum Gasteiger partial charge on any atom is 0.168 e. The van der Waals surface area contributed by atoms with Crippen molar-refractivity contribution in [1.82, 2.24) is 4.98 Å². The molecule has 0 bridgehead atoms. The highest BCUT2D eigenvalue weighted by Crippen LogP contribution is 2.34. The van der Waals surface area contributed by atoms with Crippen molar-refractivity contribution in [3.05, 3.63) is 35.5 Å². The van der Waals surface area contributed by atoms with Gasteiger partial charge in [-0.05, 0) is 37.0 Å². The average molecular weight is 213 g/mol. The number of rotatable bonds is 3. The Balaban J connectivity index is 2.13. The summed E-state index contributed by atoms with van der Waals surface area (Å²) in [4.78, 5) is 15.2. The lowest BCUT2D eigenvalue weighted by Gasteiger charge is -1.99. The Morgan fingerprint density at radius 3 is 2.94 bits per heavy atom. The van der Waals surface area contributed by atoms with Gasteiger partial charge in [-0.2, -0.15) is 0 Å². The molecule has 2 heteroatoms. The molecule has 3 rings (SSSR count). The van der Waals surface area contributed by atoms with Crippen LogP contribution in [0.15, 0.2) is 24.4 Å². The number of ketones is 1. The Morgan fingerprint density at radius 2 is 2.25 bits per heavy atom. The zero-order chi connectivity index (χ0) is 11.1. The van der Waals surface area contributed by atoms with Crippen LogP contribution in [0.4, 0.5) is 0 Å². The molecule has 1 aromatic heterocycles. The lowest BCUT2D eigenvalue weighted by Crippen LogP contribution is -1.99. The predicted octanol–water partition coefficient (Wildman–Crippen LogP) is 3.32. The largest absolute Gasteiger partial charge is 0.360 e. The summed E-state index contributed by atoms with van der Waals surface area (Å²) in [6, 6.07) is 6.32. The normalized spacial score (nSPS) is 15.6. The molecule has 0 atom stereocenters. The second-order valence-electron chi connectivity index (χ2n) is 4.57. The highest BCUT2D eigenvalue weighted by molar-refractivity contribution is 6.09. The number of Topliss-reactive ketones (excluding diaryl/α,β-unsaturated/α-hetero) is 1. The molecule has 1 heterocycles. The Hall–Kier alpha value is -1.57. The molecule has 1 saturated carbocycles. The summed E-state index contributed by atoms with van der Waals surface area (Å²) in [5, 5.41) is 1.09. The lowest BCUT2D eigenvalue weighted by molar-refractivity contribution is 0.0969. The summed E-state index contributed by atoms with van der Waals surface area (Å²) >= 11 is 0. The molecule has 0 saturated heterocycles. The third-order valence-electron chi connectivity index (χ3n) is 3.37. The number of carbonyl (C=O) groups excluding carboxylic acids is 1. The van der Waals surface area contributed by atoms with E-state index in [0.29, 0.717) is 11.7 Å². The second-order valence-corrected chi connectivity index (χ2v) is 4.57. The van der Waals surface area contributed by atoms with Crippen LogP contribution < -0.4 is 0 Å². The molecule has 16 heavy (non-hydrogen) atoms. The van der Waals surface area contributed by atoms with Gasteiger partial charge in [-0.1, -0.05) is 13.0 Å². The van der Waals surface area contributed by atoms with Crippen molar-refractivity contribution < 1.29 is 4.79 Å². The fourth-order valence-corrected chi connectivity index (χ4v) is 2.16. The van der Waals surface area contributed by atoms with Gasteiger partial charge in [0.2, 0.25) is 0 Å². The van der Waals surface area contributed by atoms with E-state index in [0.717, 1.165) is 35.7 Å². The Kier molecular flexibility index (Phi) is 2.10. The number of aromatic nitrogens is 1. The number of aromatic amines is 1. The van der Waals surface area contributed by atoms with Gasteiger partial charge in [-0.15, -0.1) is 0 Å². The first kappa shape index (κ1) is 9.64. The molecular weight excluding hydrogens is 198 g/mol. The van der Waals surface area contributed by atoms with Gasteiger partial charge in [0.15, 0.2) is 5.78 Å². The van der Waals surface area contributed by atoms with Gasteiger partial charge in [0.1, 0.15) is 0 Å². The first-order chi connectivity index (χ1) is 7.79. The van der Waals surface area contributed by atoms with Gasteiger partial charge in [0.05, 0.1) is 0 Å². The number of hydrogen-bond donors (Lipinski definition) is 1. The van der Waals surface area contributed by atoms with Gasteiger partial charge < -0.3 is 4.98 Å². The summed E-state index contributed by atoms with van der Waals surface area (Å²) in [7, 11) is 0. The van der Waals surface area contributed by atoms with Crippen LogP contribution in [0.2, 0.25) is 0 Å². The molecule has 0 unspecified atom stereocenters. The Bertz CT molecular complexity index is 549. The smallest absolute Gasteiger partial charge is 0.168 e. The molecule has 0 amide bonds. The van der Waals surface area contributed by atoms with Crippen molar-refractivity contribution in [2.24, 2.45) is 5.92 Å². The van der Waals surface area contributed by atoms with Crippen molar-refractivity contribution in [2.45, 2.75) is 26.2 Å². The highest BCUT2D eigenvalue weighted by Gasteiger charge is 2.31. The molecule has 1 aromatic carbocycles. The van der Waals surface area contributed by atoms with Crippen LogP contribution in [0.1, 0.15) is 35.7 Å². The number of aryl methyl sites for hydroxylation is 1. The quantitative estimate of drug-likeness (QED) is 0.779. The van der Waals surface area contributed by atoms with E-state index in [1.807, 2.05) is 6.20 Å². The van der Waals surface area contributed by atoms with Crippen LogP contribution in [-0.4, -0.2) is 10.8 Å². The SMILES string of the molecule is CCc1ccc2[nH]cc(C(=O)C3CC3)c2c1. The van der Waals surface area contributed by atoms with E-state index >= 15 is 0 Å². The standard InChI is InChI=1S/C14H15NO/c1-2-9-3-6-13-11(7-9)12(8-15-13)14(16)10-4-5-10/h3,6-8,10,15H,2,4-5H2,1H3. The maximum absolute atomic E-state index is 12.1. The number of H-pyrrole nitrogens is 1. The number of fused-ring (bicyclic) bond motifs is 1. The van der Waals surface area contributed by atoms with E-state index in [1.54, 1.807) is 0 Å². The van der Waals surface area contributed by atoms with Crippen molar-refractivity contribution in [1.29, 1.82) is 0 Å². The highest BCUT2D eigenvalue weighted by atomic mass is 16.1. The van der Waals surface area contributed by atoms with Crippen LogP contribution in [0.5, 0.6) is 0 Å². The summed E-state index contributed by atoms with van der Waals surface area (Å²) in [5.74, 6) is 0.615. The second kappa shape index (κ2) is 3.48. The molecule has 1 fully saturated rings. The van der Waals surface area contributed by atoms with Crippen LogP contribution in [-0.2, 0) is 6.42 Å². The molecule has 2 nitrogen and oxygen atoms in total. The van der Waals surface area contributed by atoms with Crippen LogP contribution in [0.3, 0.4) is 0 Å². The third-order valence-corrected chi connectivity index (χ3v) is 3.37. The van der Waals surface area contributed by atoms with Gasteiger partial charge in [0.25, 0.3) is 0 Å². The first-order valence-corrected chi connectivity index (χ1v) is 5.94. The van der Waals surface area contributed by atoms with E-state index in [-0.39, 0.29) is 0 Å². The summed E-state index contributed by atoms with van der Waals surface area (Å²) in [6.07, 6.45) is 5.01. The topological polar surface area (TPSA) is 32.9 Å². The van der Waals surface area contributed by atoms with Crippen molar-refractivity contribution in [3.8, 4) is 0 Å². The minimum Gasteiger partial charge on any atom is -0.360 e. The first-order valence-electron chi connectivity index (χ1n) is 5.94. The van der Waals surface area contributed by atoms with E-state index < -0.39 is 0 Å². The summed E-state index contributed by atoms with van der Waals surface area (Å²) in [5.41, 5.74) is 3.24. The molecular formula is C14H15NO. The van der Waals surface area contributed by atoms with E-state index in [1.165, 1.54) is 5.56 Å². The molecule has 0 spiro atoms. The molecule has 0 aliphatic heterocycles. The van der Waals surface area contributed by atoms with Gasteiger partial charge in [-0.3, -0.25) is 4.79 Å². The number of carbonyl (C=O) groups is 1. The predicted molar refractivity (Wildman–Crippen MR) is 64.7 cm³/mol. The lowest BCUT2D eigenvalue weighted by atomic mass is 10.0. The molecule has 2 aromatic rings. The third kappa shape index (κ3) is 1.45. The van der Waals surface area contributed by atoms with Crippen molar-refractivity contribution in [3.63, 3.8) is 0 Å². The van der Waals surface area contributed by atoms with Crippen LogP contribution in [0, 0.1) is 5.92 Å². The fourth-order valence-electron chi connectivity index (χ4n) is 2.16. The zero-order valence-electron chi connectivity index (χ0n) is 9.42. The number of benzene rings is 1. The van der Waals surface area contributed by atoms with Crippen molar-refractivity contribution >= 4 is 16.7 Å². The summed E-state index contributed by atoms with van der Waals surface area (Å²) in [6.45, 7) is 2.14. The molecule has 1 N–H and O–H groups in total. The van der Waals surface area contributed by atoms with Gasteiger partial charge in [-0.25, -0.2) is 0 Å². The minimum atomic E-state index is 0.296. The Morgan fingerprint density at radius 1 is 1.44 bits per heavy atom. The number of nitrogens with one attached hydrogen (secondary N) is 1. The molecule has 82 valence electrons. The van der Waals surface area contributed by atoms with Crippen LogP contribution >= 0.6 is 0 Å². The molecule has 0 radical (unpaired) electrons. The van der Waals surface area contributed by atoms with E-state index in [4.69, 9.17) is 0 Å². The summed E-state index contributed by atoms with van der Waals surface area (Å²) < 4.78 is 0. The molecule has 1 aliphatic rings. The van der Waals surface area contributed by atoms with E-state index in [9.17, 15) is 4.79 Å². The molecule has 1 aliphatic carbocycles. The van der Waals surface area contributed by atoms with Gasteiger partial charge >= 0.3 is 0 Å². The minimum absolute atomic E-state index is 0.296. The van der Waals surface area contributed by atoms with Gasteiger partial charge in [0, 0.05) is 28.6 Å². The van der Waals surface area contributed by atoms with Crippen molar-refractivity contribution in [2.75, 3.05) is 0 Å². The number of hydrogen-bond acceptors (Lipinski definition) is 1. The average Bonchev–Trinajstić information content (AvgIpc) is 3.08. The Labute approximate surface area is 94.7 Å². The van der Waals surface area contributed by atoms with Crippen LogP contribution in [0.25, 0.3) is 10.9 Å².